The highest BCUT2D eigenvalue weighted by Gasteiger charge is 2.22. The lowest BCUT2D eigenvalue weighted by molar-refractivity contribution is 0.0598. The molecule has 2 atom stereocenters. The number of alkyl carbamates (subject to hydrolysis) is 1. The average molecular weight is 518 g/mol. The van der Waals surface area contributed by atoms with Crippen LogP contribution in [0.5, 0.6) is 0 Å². The van der Waals surface area contributed by atoms with E-state index in [0.29, 0.717) is 23.0 Å². The monoisotopic (exact) mass is 517 g/mol. The molecule has 1 aliphatic heterocycles. The highest BCUT2D eigenvalue weighted by atomic mass is 35.5. The standard InChI is InChI=1S/C27H36ClN3O5/c1-29-18-24(15-19-9-12-35-13-10-19)31-26(32)22-7-3-5-20(16-22)25(21-6-4-8-23(28)17-21)36-14-11-30-27(33)34-2/h3-8,16-17,19,24-25,29H,9-15,18H2,1-2H3,(H,30,33)(H,31,32). The molecule has 3 rings (SSSR count). The van der Waals surface area contributed by atoms with Crippen LogP contribution in [0.4, 0.5) is 4.79 Å². The molecule has 1 fully saturated rings. The van der Waals surface area contributed by atoms with Gasteiger partial charge in [-0.15, -0.1) is 0 Å². The van der Waals surface area contributed by atoms with Gasteiger partial charge in [-0.3, -0.25) is 4.79 Å². The van der Waals surface area contributed by atoms with E-state index in [2.05, 4.69) is 20.7 Å². The summed E-state index contributed by atoms with van der Waals surface area (Å²) < 4.78 is 16.2. The Morgan fingerprint density at radius 2 is 1.83 bits per heavy atom. The van der Waals surface area contributed by atoms with Gasteiger partial charge in [-0.1, -0.05) is 35.9 Å². The number of carbonyl (C=O) groups excluding carboxylic acids is 2. The van der Waals surface area contributed by atoms with Gasteiger partial charge in [-0.25, -0.2) is 4.79 Å². The van der Waals surface area contributed by atoms with E-state index in [4.69, 9.17) is 21.1 Å². The van der Waals surface area contributed by atoms with Crippen LogP contribution in [-0.4, -0.2) is 65.1 Å². The first-order valence-electron chi connectivity index (χ1n) is 12.3. The van der Waals surface area contributed by atoms with Gasteiger partial charge in [0.25, 0.3) is 5.91 Å². The third kappa shape index (κ3) is 8.78. The molecule has 196 valence electrons. The number of rotatable bonds is 12. The molecule has 36 heavy (non-hydrogen) atoms. The van der Waals surface area contributed by atoms with Gasteiger partial charge < -0.3 is 30.2 Å². The average Bonchev–Trinajstić information content (AvgIpc) is 2.89. The molecule has 0 aliphatic carbocycles. The van der Waals surface area contributed by atoms with E-state index < -0.39 is 12.2 Å². The number of hydrogen-bond acceptors (Lipinski definition) is 6. The molecule has 0 spiro atoms. The molecule has 2 aromatic rings. The van der Waals surface area contributed by atoms with Gasteiger partial charge in [0.05, 0.1) is 13.7 Å². The van der Waals surface area contributed by atoms with Crippen molar-refractivity contribution in [2.45, 2.75) is 31.4 Å². The van der Waals surface area contributed by atoms with Crippen molar-refractivity contribution in [2.75, 3.05) is 47.1 Å². The van der Waals surface area contributed by atoms with Crippen molar-refractivity contribution >= 4 is 23.6 Å². The first kappa shape index (κ1) is 27.9. The molecule has 8 nitrogen and oxygen atoms in total. The maximum Gasteiger partial charge on any atom is 0.406 e. The van der Waals surface area contributed by atoms with Crippen LogP contribution < -0.4 is 16.0 Å². The molecule has 2 aromatic carbocycles. The van der Waals surface area contributed by atoms with Gasteiger partial charge in [-0.05, 0) is 67.6 Å². The molecule has 1 heterocycles. The minimum atomic E-state index is -0.520. The topological polar surface area (TPSA) is 97.9 Å². The molecule has 2 unspecified atom stereocenters. The van der Waals surface area contributed by atoms with Gasteiger partial charge in [0, 0.05) is 42.9 Å². The third-order valence-corrected chi connectivity index (χ3v) is 6.42. The zero-order valence-electron chi connectivity index (χ0n) is 20.9. The van der Waals surface area contributed by atoms with Crippen LogP contribution in [0.3, 0.4) is 0 Å². The summed E-state index contributed by atoms with van der Waals surface area (Å²) in [5.74, 6) is 0.421. The number of hydrogen-bond donors (Lipinski definition) is 3. The van der Waals surface area contributed by atoms with Gasteiger partial charge >= 0.3 is 6.09 Å². The quantitative estimate of drug-likeness (QED) is 0.369. The summed E-state index contributed by atoms with van der Waals surface area (Å²) >= 11 is 6.24. The SMILES string of the molecule is CNCC(CC1CCOCC1)NC(=O)c1cccc(C(OCCNC(=O)OC)c2cccc(Cl)c2)c1. The minimum absolute atomic E-state index is 0.0265. The van der Waals surface area contributed by atoms with Crippen molar-refractivity contribution in [2.24, 2.45) is 5.92 Å². The summed E-state index contributed by atoms with van der Waals surface area (Å²) in [5, 5.41) is 9.59. The fraction of sp³-hybridized carbons (Fsp3) is 0.481. The predicted molar refractivity (Wildman–Crippen MR) is 139 cm³/mol. The van der Waals surface area contributed by atoms with Crippen molar-refractivity contribution in [3.05, 3.63) is 70.2 Å². The van der Waals surface area contributed by atoms with Gasteiger partial charge in [0.1, 0.15) is 6.10 Å². The Morgan fingerprint density at radius 3 is 2.53 bits per heavy atom. The van der Waals surface area contributed by atoms with Gasteiger partial charge in [-0.2, -0.15) is 0 Å². The third-order valence-electron chi connectivity index (χ3n) is 6.19. The number of likely N-dealkylation sites (N-methyl/N-ethyl adjacent to an activating group) is 1. The van der Waals surface area contributed by atoms with Crippen LogP contribution in [-0.2, 0) is 14.2 Å². The molecule has 1 saturated heterocycles. The summed E-state index contributed by atoms with van der Waals surface area (Å²) in [6, 6.07) is 14.9. The Labute approximate surface area is 218 Å². The van der Waals surface area contributed by atoms with E-state index in [1.807, 2.05) is 43.4 Å². The lowest BCUT2D eigenvalue weighted by Crippen LogP contribution is -2.43. The van der Waals surface area contributed by atoms with Crippen molar-refractivity contribution < 1.29 is 23.8 Å². The summed E-state index contributed by atoms with van der Waals surface area (Å²) in [4.78, 5) is 24.6. The number of halogens is 1. The summed E-state index contributed by atoms with van der Waals surface area (Å²) in [6.07, 6.45) is 1.97. The zero-order valence-corrected chi connectivity index (χ0v) is 21.7. The van der Waals surface area contributed by atoms with E-state index in [-0.39, 0.29) is 25.1 Å². The Balaban J connectivity index is 1.73. The fourth-order valence-electron chi connectivity index (χ4n) is 4.39. The highest BCUT2D eigenvalue weighted by molar-refractivity contribution is 6.30. The van der Waals surface area contributed by atoms with E-state index in [1.165, 1.54) is 7.11 Å². The first-order chi connectivity index (χ1) is 17.5. The Kier molecular flexibility index (Phi) is 11.5. The number of amides is 2. The number of ether oxygens (including phenoxy) is 3. The van der Waals surface area contributed by atoms with Crippen molar-refractivity contribution in [3.8, 4) is 0 Å². The largest absolute Gasteiger partial charge is 0.453 e. The number of benzene rings is 2. The number of carbonyl (C=O) groups is 2. The predicted octanol–water partition coefficient (Wildman–Crippen LogP) is 3.94. The number of nitrogens with one attached hydrogen (secondary N) is 3. The van der Waals surface area contributed by atoms with E-state index in [0.717, 1.165) is 43.6 Å². The minimum Gasteiger partial charge on any atom is -0.453 e. The molecule has 1 aliphatic rings. The zero-order chi connectivity index (χ0) is 25.8. The number of methoxy groups -OCH3 is 1. The van der Waals surface area contributed by atoms with Crippen LogP contribution in [0.25, 0.3) is 0 Å². The van der Waals surface area contributed by atoms with Gasteiger partial charge in [0.15, 0.2) is 0 Å². The van der Waals surface area contributed by atoms with Gasteiger partial charge in [0.2, 0.25) is 0 Å². The molecule has 0 aromatic heterocycles. The molecule has 0 saturated carbocycles. The molecule has 9 heteroatoms. The molecule has 2 amide bonds. The van der Waals surface area contributed by atoms with Crippen LogP contribution in [0, 0.1) is 5.92 Å². The molecule has 0 radical (unpaired) electrons. The second-order valence-corrected chi connectivity index (χ2v) is 9.31. The second kappa shape index (κ2) is 14.8. The van der Waals surface area contributed by atoms with Crippen LogP contribution in [0.15, 0.2) is 48.5 Å². The lowest BCUT2D eigenvalue weighted by Gasteiger charge is -2.27. The Bertz CT molecular complexity index is 983. The smallest absolute Gasteiger partial charge is 0.406 e. The molecule has 3 N–H and O–H groups in total. The van der Waals surface area contributed by atoms with Crippen LogP contribution in [0.2, 0.25) is 5.02 Å². The normalized spacial score (nSPS) is 15.6. The van der Waals surface area contributed by atoms with E-state index in [9.17, 15) is 9.59 Å². The lowest BCUT2D eigenvalue weighted by atomic mass is 9.92. The summed E-state index contributed by atoms with van der Waals surface area (Å²) in [5.41, 5.74) is 2.23. The molecular formula is C27H36ClN3O5. The highest BCUT2D eigenvalue weighted by Crippen LogP contribution is 2.28. The Hall–Kier alpha value is -2.65. The molecule has 0 bridgehead atoms. The van der Waals surface area contributed by atoms with E-state index >= 15 is 0 Å². The fourth-order valence-corrected chi connectivity index (χ4v) is 4.59. The van der Waals surface area contributed by atoms with E-state index in [1.54, 1.807) is 12.1 Å². The first-order valence-corrected chi connectivity index (χ1v) is 12.7. The van der Waals surface area contributed by atoms with Crippen LogP contribution >= 0.6 is 11.6 Å². The Morgan fingerprint density at radius 1 is 1.11 bits per heavy atom. The maximum absolute atomic E-state index is 13.2. The maximum atomic E-state index is 13.2. The second-order valence-electron chi connectivity index (χ2n) is 8.87. The summed E-state index contributed by atoms with van der Waals surface area (Å²) in [6.45, 7) is 2.80. The van der Waals surface area contributed by atoms with Crippen LogP contribution in [0.1, 0.15) is 46.9 Å². The summed E-state index contributed by atoms with van der Waals surface area (Å²) in [7, 11) is 3.21. The van der Waals surface area contributed by atoms with Crippen molar-refractivity contribution in [1.82, 2.24) is 16.0 Å². The van der Waals surface area contributed by atoms with Crippen molar-refractivity contribution in [1.29, 1.82) is 0 Å². The molecular weight excluding hydrogens is 482 g/mol. The van der Waals surface area contributed by atoms with Crippen molar-refractivity contribution in [3.63, 3.8) is 0 Å².